The van der Waals surface area contributed by atoms with E-state index in [1.165, 1.54) is 0 Å². The van der Waals surface area contributed by atoms with Crippen molar-refractivity contribution in [2.24, 2.45) is 5.92 Å². The van der Waals surface area contributed by atoms with Gasteiger partial charge in [-0.3, -0.25) is 4.98 Å². The van der Waals surface area contributed by atoms with Crippen LogP contribution in [0.3, 0.4) is 0 Å². The molecule has 5 heteroatoms. The highest BCUT2D eigenvalue weighted by Gasteiger charge is 2.28. The average molecular weight is 319 g/mol. The lowest BCUT2D eigenvalue weighted by atomic mass is 9.89. The van der Waals surface area contributed by atoms with Crippen LogP contribution in [-0.2, 0) is 11.3 Å². The van der Waals surface area contributed by atoms with E-state index in [9.17, 15) is 4.79 Å². The van der Waals surface area contributed by atoms with Gasteiger partial charge in [-0.05, 0) is 30.4 Å². The Hall–Kier alpha value is -1.62. The highest BCUT2D eigenvalue weighted by Crippen LogP contribution is 2.25. The largest absolute Gasteiger partial charge is 0.378 e. The van der Waals surface area contributed by atoms with Crippen LogP contribution in [0, 0.1) is 5.92 Å². The minimum Gasteiger partial charge on any atom is -0.378 e. The second-order valence-corrected chi connectivity index (χ2v) is 6.37. The van der Waals surface area contributed by atoms with E-state index in [0.29, 0.717) is 12.5 Å². The van der Waals surface area contributed by atoms with Crippen LogP contribution < -0.4 is 5.32 Å². The van der Waals surface area contributed by atoms with Gasteiger partial charge in [0.05, 0.1) is 6.10 Å². The fraction of sp³-hybridized carbons (Fsp3) is 0.667. The first-order chi connectivity index (χ1) is 11.1. The van der Waals surface area contributed by atoms with Crippen molar-refractivity contribution in [2.75, 3.05) is 13.7 Å². The molecule has 1 fully saturated rings. The number of pyridine rings is 1. The first-order valence-electron chi connectivity index (χ1n) is 8.66. The van der Waals surface area contributed by atoms with Crippen molar-refractivity contribution in [3.8, 4) is 0 Å². The fourth-order valence-electron chi connectivity index (χ4n) is 3.22. The number of ether oxygens (including phenoxy) is 1. The number of aromatic nitrogens is 1. The van der Waals surface area contributed by atoms with Crippen LogP contribution in [-0.4, -0.2) is 41.7 Å². The van der Waals surface area contributed by atoms with Crippen LogP contribution in [0.15, 0.2) is 24.5 Å². The first kappa shape index (κ1) is 17.7. The number of hydrogen-bond acceptors (Lipinski definition) is 3. The van der Waals surface area contributed by atoms with Crippen LogP contribution in [0.2, 0.25) is 0 Å². The topological polar surface area (TPSA) is 54.5 Å². The molecule has 0 aromatic carbocycles. The second-order valence-electron chi connectivity index (χ2n) is 6.37. The smallest absolute Gasteiger partial charge is 0.317 e. The van der Waals surface area contributed by atoms with Crippen molar-refractivity contribution in [1.29, 1.82) is 0 Å². The van der Waals surface area contributed by atoms with Crippen LogP contribution in [0.1, 0.15) is 45.1 Å². The Kier molecular flexibility index (Phi) is 6.84. The Balaban J connectivity index is 1.84. The van der Waals surface area contributed by atoms with E-state index in [2.05, 4.69) is 24.1 Å². The Labute approximate surface area is 139 Å². The highest BCUT2D eigenvalue weighted by atomic mass is 16.5. The minimum absolute atomic E-state index is 0.0240. The summed E-state index contributed by atoms with van der Waals surface area (Å²) >= 11 is 0. The molecular formula is C18H29N3O2. The summed E-state index contributed by atoms with van der Waals surface area (Å²) in [5.74, 6) is 0.586. The summed E-state index contributed by atoms with van der Waals surface area (Å²) in [6.45, 7) is 5.72. The van der Waals surface area contributed by atoms with E-state index in [4.69, 9.17) is 4.74 Å². The van der Waals surface area contributed by atoms with Gasteiger partial charge in [-0.25, -0.2) is 4.79 Å². The van der Waals surface area contributed by atoms with Crippen LogP contribution in [0.5, 0.6) is 0 Å². The zero-order valence-electron chi connectivity index (χ0n) is 14.5. The lowest BCUT2D eigenvalue weighted by Crippen LogP contribution is -2.47. The van der Waals surface area contributed by atoms with Gasteiger partial charge >= 0.3 is 6.03 Å². The number of rotatable bonds is 6. The van der Waals surface area contributed by atoms with E-state index >= 15 is 0 Å². The maximum absolute atomic E-state index is 12.4. The molecule has 23 heavy (non-hydrogen) atoms. The van der Waals surface area contributed by atoms with E-state index in [-0.39, 0.29) is 18.2 Å². The third-order valence-electron chi connectivity index (χ3n) is 4.71. The summed E-state index contributed by atoms with van der Waals surface area (Å²) in [6.07, 6.45) is 7.87. The van der Waals surface area contributed by atoms with Gasteiger partial charge < -0.3 is 15.0 Å². The summed E-state index contributed by atoms with van der Waals surface area (Å²) in [4.78, 5) is 18.2. The first-order valence-corrected chi connectivity index (χ1v) is 8.66. The van der Waals surface area contributed by atoms with Crippen molar-refractivity contribution < 1.29 is 9.53 Å². The predicted molar refractivity (Wildman–Crippen MR) is 91.1 cm³/mol. The van der Waals surface area contributed by atoms with Gasteiger partial charge in [0.2, 0.25) is 0 Å². The van der Waals surface area contributed by atoms with Crippen LogP contribution in [0.4, 0.5) is 4.79 Å². The molecule has 1 saturated heterocycles. The molecule has 0 spiro atoms. The minimum atomic E-state index is -0.0240. The number of nitrogens with one attached hydrogen (secondary N) is 1. The van der Waals surface area contributed by atoms with Crippen LogP contribution in [0.25, 0.3) is 0 Å². The summed E-state index contributed by atoms with van der Waals surface area (Å²) in [7, 11) is 1.82. The lowest BCUT2D eigenvalue weighted by Gasteiger charge is -2.35. The van der Waals surface area contributed by atoms with Gasteiger partial charge in [-0.2, -0.15) is 0 Å². The van der Waals surface area contributed by atoms with E-state index < -0.39 is 0 Å². The third-order valence-corrected chi connectivity index (χ3v) is 4.71. The van der Waals surface area contributed by atoms with Crippen molar-refractivity contribution in [3.05, 3.63) is 30.1 Å². The molecule has 5 nitrogen and oxygen atoms in total. The molecule has 2 atom stereocenters. The summed E-state index contributed by atoms with van der Waals surface area (Å²) in [5, 5.41) is 3.16. The number of nitrogens with zero attached hydrogens (tertiary/aromatic N) is 2. The molecule has 0 unspecified atom stereocenters. The van der Waals surface area contributed by atoms with E-state index in [0.717, 1.165) is 37.9 Å². The SMILES string of the molecule is CCC(CC)[C@H]1C[C@@H](NC(=O)N(C)Cc2cccnc2)CCO1. The Morgan fingerprint density at radius 1 is 1.48 bits per heavy atom. The summed E-state index contributed by atoms with van der Waals surface area (Å²) in [5.41, 5.74) is 1.03. The number of hydrogen-bond donors (Lipinski definition) is 1. The molecule has 0 radical (unpaired) electrons. The maximum Gasteiger partial charge on any atom is 0.317 e. The van der Waals surface area contributed by atoms with Crippen LogP contribution >= 0.6 is 0 Å². The Morgan fingerprint density at radius 2 is 2.26 bits per heavy atom. The van der Waals surface area contributed by atoms with Crippen molar-refractivity contribution in [3.63, 3.8) is 0 Å². The van der Waals surface area contributed by atoms with Gasteiger partial charge in [0, 0.05) is 38.6 Å². The molecule has 0 bridgehead atoms. The van der Waals surface area contributed by atoms with Crippen molar-refractivity contribution in [2.45, 2.75) is 58.2 Å². The van der Waals surface area contributed by atoms with E-state index in [1.807, 2.05) is 19.2 Å². The Bertz CT molecular complexity index is 476. The second kappa shape index (κ2) is 8.87. The molecule has 2 amide bonds. The normalized spacial score (nSPS) is 21.2. The quantitative estimate of drug-likeness (QED) is 0.876. The van der Waals surface area contributed by atoms with Gasteiger partial charge in [0.1, 0.15) is 0 Å². The molecule has 0 saturated carbocycles. The van der Waals surface area contributed by atoms with E-state index in [1.54, 1.807) is 17.3 Å². The molecule has 0 aliphatic carbocycles. The zero-order chi connectivity index (χ0) is 16.7. The van der Waals surface area contributed by atoms with Crippen molar-refractivity contribution >= 4 is 6.03 Å². The van der Waals surface area contributed by atoms with Crippen molar-refractivity contribution in [1.82, 2.24) is 15.2 Å². The fourth-order valence-corrected chi connectivity index (χ4v) is 3.22. The molecule has 2 heterocycles. The Morgan fingerprint density at radius 3 is 2.91 bits per heavy atom. The maximum atomic E-state index is 12.4. The predicted octanol–water partition coefficient (Wildman–Crippen LogP) is 3.21. The molecule has 128 valence electrons. The van der Waals surface area contributed by atoms with Gasteiger partial charge in [0.15, 0.2) is 0 Å². The molecule has 1 N–H and O–H groups in total. The summed E-state index contributed by atoms with van der Waals surface area (Å²) in [6, 6.07) is 4.05. The molecular weight excluding hydrogens is 290 g/mol. The molecule has 1 aliphatic rings. The number of carbonyl (C=O) groups excluding carboxylic acids is 1. The number of carbonyl (C=O) groups is 1. The standard InChI is InChI=1S/C18H29N3O2/c1-4-15(5-2)17-11-16(8-10-23-17)20-18(22)21(3)13-14-7-6-9-19-12-14/h6-7,9,12,15-17H,4-5,8,10-11,13H2,1-3H3,(H,20,22)/t16-,17+/m0/s1. The van der Waals surface area contributed by atoms with Gasteiger partial charge in [0.25, 0.3) is 0 Å². The average Bonchev–Trinajstić information content (AvgIpc) is 2.57. The number of amides is 2. The third kappa shape index (κ3) is 5.20. The van der Waals surface area contributed by atoms with Gasteiger partial charge in [-0.15, -0.1) is 0 Å². The molecule has 2 rings (SSSR count). The highest BCUT2D eigenvalue weighted by molar-refractivity contribution is 5.74. The monoisotopic (exact) mass is 319 g/mol. The molecule has 1 aromatic rings. The molecule has 1 aliphatic heterocycles. The molecule has 1 aromatic heterocycles. The summed E-state index contributed by atoms with van der Waals surface area (Å²) < 4.78 is 5.92. The zero-order valence-corrected chi connectivity index (χ0v) is 14.5. The lowest BCUT2D eigenvalue weighted by molar-refractivity contribution is -0.0335. The van der Waals surface area contributed by atoms with Gasteiger partial charge in [-0.1, -0.05) is 32.8 Å². The number of urea groups is 1.